The largest absolute Gasteiger partial charge is 0.871 e. The fraction of sp³-hybridized carbons (Fsp3) is 0.529. The summed E-state index contributed by atoms with van der Waals surface area (Å²) in [5.41, 5.74) is 2.54. The molecular weight excluding hydrogens is 505 g/mol. The van der Waals surface area contributed by atoms with Gasteiger partial charge in [0.15, 0.2) is 5.78 Å². The Morgan fingerprint density at radius 2 is 1.53 bits per heavy atom. The average Bonchev–Trinajstić information content (AvgIpc) is 2.81. The van der Waals surface area contributed by atoms with Crippen molar-refractivity contribution in [1.29, 1.82) is 0 Å². The molecule has 0 amide bonds. The van der Waals surface area contributed by atoms with Gasteiger partial charge in [0, 0.05) is 35.1 Å². The molecule has 1 aromatic rings. The molecule has 206 valence electrons. The van der Waals surface area contributed by atoms with E-state index in [1.54, 1.807) is 0 Å². The first-order valence-corrected chi connectivity index (χ1v) is 15.7. The zero-order chi connectivity index (χ0) is 28.4. The molecule has 0 atom stereocenters. The van der Waals surface area contributed by atoms with Crippen molar-refractivity contribution in [2.75, 3.05) is 0 Å². The molecule has 0 saturated carbocycles. The van der Waals surface area contributed by atoms with Gasteiger partial charge in [-0.25, -0.2) is 0 Å². The van der Waals surface area contributed by atoms with Crippen LogP contribution in [-0.2, 0) is 16.6 Å². The molecule has 3 rings (SSSR count). The molecule has 0 bridgehead atoms. The Bertz CT molecular complexity index is 1220. The van der Waals surface area contributed by atoms with Crippen molar-refractivity contribution in [1.82, 2.24) is 0 Å². The van der Waals surface area contributed by atoms with Crippen LogP contribution in [-0.4, -0.2) is 5.78 Å². The van der Waals surface area contributed by atoms with Gasteiger partial charge in [-0.3, -0.25) is 4.79 Å². The average molecular weight is 551 g/mol. The van der Waals surface area contributed by atoms with Crippen molar-refractivity contribution in [3.8, 4) is 0 Å². The first kappa shape index (κ1) is 30.6. The number of thioether (sulfide) groups is 1. The first-order chi connectivity index (χ1) is 17.5. The first-order valence-electron chi connectivity index (χ1n) is 14.0. The second-order valence-corrected chi connectivity index (χ2v) is 15.9. The predicted octanol–water partition coefficient (Wildman–Crippen LogP) is 9.42. The van der Waals surface area contributed by atoms with Crippen LogP contribution in [0.15, 0.2) is 62.6 Å². The molecule has 0 N–H and O–H groups in total. The van der Waals surface area contributed by atoms with Gasteiger partial charge in [-0.1, -0.05) is 86.8 Å². The minimum Gasteiger partial charge on any atom is -0.871 e. The fourth-order valence-corrected chi connectivity index (χ4v) is 6.60. The maximum absolute atomic E-state index is 13.2. The molecule has 2 nitrogen and oxygen atoms in total. The zero-order valence-electron chi connectivity index (χ0n) is 25.1. The molecule has 1 aliphatic carbocycles. The SMILES string of the molecule is CC(C)CCC1=CC(=CC2=C([O-])C(=Cc3cc(CCC(C)C)[s+]c(C(C)(C)C)c3)C2=O)C=C(C(C)(C)C)S1. The maximum Gasteiger partial charge on any atom is 0.219 e. The van der Waals surface area contributed by atoms with Crippen molar-refractivity contribution in [3.63, 3.8) is 0 Å². The lowest BCUT2D eigenvalue weighted by atomic mass is 9.84. The molecule has 4 heteroatoms. The quantitative estimate of drug-likeness (QED) is 0.239. The van der Waals surface area contributed by atoms with Crippen LogP contribution in [0.25, 0.3) is 6.08 Å². The van der Waals surface area contributed by atoms with Crippen LogP contribution in [0.1, 0.15) is 104 Å². The second-order valence-electron chi connectivity index (χ2n) is 13.6. The molecular formula is C34H46O2S2. The number of hydrogen-bond acceptors (Lipinski definition) is 3. The highest BCUT2D eigenvalue weighted by Crippen LogP contribution is 2.45. The molecule has 0 fully saturated rings. The van der Waals surface area contributed by atoms with E-state index >= 15 is 0 Å². The summed E-state index contributed by atoms with van der Waals surface area (Å²) in [6.07, 6.45) is 12.2. The minimum atomic E-state index is -0.142. The van der Waals surface area contributed by atoms with Crippen LogP contribution in [0.2, 0.25) is 0 Å². The van der Waals surface area contributed by atoms with Gasteiger partial charge >= 0.3 is 0 Å². The number of carbonyl (C=O) groups excluding carboxylic acids is 1. The fourth-order valence-electron chi connectivity index (χ4n) is 4.20. The molecule has 0 radical (unpaired) electrons. The Kier molecular flexibility index (Phi) is 9.74. The van der Waals surface area contributed by atoms with Gasteiger partial charge in [0.2, 0.25) is 21.1 Å². The summed E-state index contributed by atoms with van der Waals surface area (Å²) >= 11 is 3.69. The van der Waals surface area contributed by atoms with Crippen molar-refractivity contribution in [2.45, 2.75) is 100 Å². The highest BCUT2D eigenvalue weighted by Gasteiger charge is 2.30. The smallest absolute Gasteiger partial charge is 0.219 e. The molecule has 2 heterocycles. The Morgan fingerprint density at radius 3 is 2.08 bits per heavy atom. The number of Topliss-reactive ketones (excluding diaryl/α,β-unsaturated/α-hetero) is 1. The summed E-state index contributed by atoms with van der Waals surface area (Å²) in [5, 5.41) is 13.2. The van der Waals surface area contributed by atoms with E-state index in [-0.39, 0.29) is 22.4 Å². The number of allylic oxidation sites excluding steroid dienone is 8. The van der Waals surface area contributed by atoms with E-state index in [2.05, 4.69) is 93.5 Å². The molecule has 0 unspecified atom stereocenters. The summed E-state index contributed by atoms with van der Waals surface area (Å²) in [5.74, 6) is 0.982. The van der Waals surface area contributed by atoms with Gasteiger partial charge < -0.3 is 5.11 Å². The topological polar surface area (TPSA) is 40.1 Å². The van der Waals surface area contributed by atoms with Crippen molar-refractivity contribution in [3.05, 3.63) is 78.0 Å². The van der Waals surface area contributed by atoms with Gasteiger partial charge in [-0.15, -0.1) is 0 Å². The Labute approximate surface area is 239 Å². The number of carbonyl (C=O) groups is 1. The molecule has 2 aliphatic rings. The molecule has 38 heavy (non-hydrogen) atoms. The van der Waals surface area contributed by atoms with E-state index in [1.165, 1.54) is 19.6 Å². The summed E-state index contributed by atoms with van der Waals surface area (Å²) in [6, 6.07) is 4.31. The Hall–Kier alpha value is -1.91. The summed E-state index contributed by atoms with van der Waals surface area (Å²) < 4.78 is 0. The monoisotopic (exact) mass is 550 g/mol. The third-order valence-corrected chi connectivity index (χ3v) is 9.82. The van der Waals surface area contributed by atoms with Gasteiger partial charge in [-0.2, -0.15) is 0 Å². The third kappa shape index (κ3) is 8.05. The van der Waals surface area contributed by atoms with Crippen LogP contribution < -0.4 is 5.11 Å². The van der Waals surface area contributed by atoms with Gasteiger partial charge in [-0.05, 0) is 81.8 Å². The van der Waals surface area contributed by atoms with Crippen molar-refractivity contribution >= 4 is 35.0 Å². The highest BCUT2D eigenvalue weighted by molar-refractivity contribution is 8.06. The number of hydrogen-bond donors (Lipinski definition) is 0. The van der Waals surface area contributed by atoms with Gasteiger partial charge in [0.1, 0.15) is 0 Å². The van der Waals surface area contributed by atoms with Crippen molar-refractivity contribution in [2.24, 2.45) is 17.3 Å². The normalized spacial score (nSPS) is 19.0. The highest BCUT2D eigenvalue weighted by atomic mass is 32.2. The van der Waals surface area contributed by atoms with E-state index in [0.717, 1.165) is 36.8 Å². The number of aryl methyl sites for hydroxylation is 1. The van der Waals surface area contributed by atoms with Crippen LogP contribution in [0, 0.1) is 17.3 Å². The minimum absolute atomic E-state index is 0.0107. The van der Waals surface area contributed by atoms with Crippen molar-refractivity contribution < 1.29 is 9.90 Å². The number of rotatable bonds is 8. The second kappa shape index (κ2) is 12.1. The maximum atomic E-state index is 13.2. The Morgan fingerprint density at radius 1 is 0.895 bits per heavy atom. The standard InChI is InChI=1S/C34H46O2S2/c1-21(2)11-13-25-15-23(19-29(37-25)33(5,6)7)17-27-31(35)28(32(27)36)18-24-16-26(14-12-22(3)4)38-30(20-24)34(8,9)10/h15-22H,11-14H2,1-10H3. The zero-order valence-corrected chi connectivity index (χ0v) is 26.7. The van der Waals surface area contributed by atoms with Crippen LogP contribution >= 0.6 is 23.1 Å². The van der Waals surface area contributed by atoms with Crippen LogP contribution in [0.3, 0.4) is 0 Å². The van der Waals surface area contributed by atoms with Crippen LogP contribution in [0.5, 0.6) is 0 Å². The predicted molar refractivity (Wildman–Crippen MR) is 166 cm³/mol. The lowest BCUT2D eigenvalue weighted by Crippen LogP contribution is -2.29. The van der Waals surface area contributed by atoms with E-state index in [4.69, 9.17) is 0 Å². The summed E-state index contributed by atoms with van der Waals surface area (Å²) in [4.78, 5) is 18.4. The van der Waals surface area contributed by atoms with Gasteiger partial charge in [0.05, 0.1) is 0 Å². The van der Waals surface area contributed by atoms with E-state index < -0.39 is 0 Å². The molecule has 1 aromatic heterocycles. The molecule has 0 saturated heterocycles. The van der Waals surface area contributed by atoms with Gasteiger partial charge in [0.25, 0.3) is 0 Å². The van der Waals surface area contributed by atoms with Crippen LogP contribution in [0.4, 0.5) is 0 Å². The lowest BCUT2D eigenvalue weighted by Gasteiger charge is -2.30. The number of ketones is 1. The van der Waals surface area contributed by atoms with E-state index in [0.29, 0.717) is 23.0 Å². The Balaban J connectivity index is 1.97. The van der Waals surface area contributed by atoms with E-state index in [1.807, 2.05) is 35.3 Å². The summed E-state index contributed by atoms with van der Waals surface area (Å²) in [7, 11) is 0. The van der Waals surface area contributed by atoms with E-state index in [9.17, 15) is 9.90 Å². The summed E-state index contributed by atoms with van der Waals surface area (Å²) in [6.45, 7) is 22.2. The third-order valence-electron chi connectivity index (χ3n) is 6.75. The molecule has 0 aromatic carbocycles. The molecule has 1 aliphatic heterocycles. The lowest BCUT2D eigenvalue weighted by molar-refractivity contribution is -0.300. The molecule has 0 spiro atoms.